The number of carbonyl (C=O) groups excluding carboxylic acids is 1. The summed E-state index contributed by atoms with van der Waals surface area (Å²) < 4.78 is 35.7. The Hall–Kier alpha value is -1.60. The molecule has 0 aromatic carbocycles. The summed E-state index contributed by atoms with van der Waals surface area (Å²) in [6.45, 7) is -0.640. The fourth-order valence-corrected chi connectivity index (χ4v) is 1.16. The molecule has 1 N–H and O–H groups in total. The Bertz CT molecular complexity index is 338. The second kappa shape index (κ2) is 4.50. The number of amides is 1. The molecule has 1 aliphatic heterocycles. The first-order valence-electron chi connectivity index (χ1n) is 4.47. The topological polar surface area (TPSA) is 70.0 Å². The first-order valence-corrected chi connectivity index (χ1v) is 4.47. The smallest absolute Gasteiger partial charge is 0.390 e. The van der Waals surface area contributed by atoms with Gasteiger partial charge in [0.2, 0.25) is 5.91 Å². The second-order valence-electron chi connectivity index (χ2n) is 3.23. The van der Waals surface area contributed by atoms with Crippen LogP contribution in [0.3, 0.4) is 0 Å². The van der Waals surface area contributed by atoms with Crippen molar-refractivity contribution in [2.45, 2.75) is 25.4 Å². The summed E-state index contributed by atoms with van der Waals surface area (Å²) in [5, 5.41) is 12.5. The molecule has 0 bridgehead atoms. The number of hydrazone groups is 1. The van der Waals surface area contributed by atoms with E-state index < -0.39 is 31.0 Å². The van der Waals surface area contributed by atoms with Crippen LogP contribution in [0.1, 0.15) is 19.3 Å². The fraction of sp³-hybridized carbons (Fsp3) is 0.625. The molecule has 0 atom stereocenters. The first-order chi connectivity index (χ1) is 7.29. The van der Waals surface area contributed by atoms with Gasteiger partial charge in [-0.05, 0) is 0 Å². The Morgan fingerprint density at radius 2 is 2.06 bits per heavy atom. The highest BCUT2D eigenvalue weighted by Crippen LogP contribution is 2.21. The number of aliphatic carboxylic acids is 1. The maximum atomic E-state index is 11.9. The highest BCUT2D eigenvalue weighted by Gasteiger charge is 2.31. The van der Waals surface area contributed by atoms with Gasteiger partial charge >= 0.3 is 12.1 Å². The quantitative estimate of drug-likeness (QED) is 0.797. The molecule has 0 aliphatic carbocycles. The highest BCUT2D eigenvalue weighted by atomic mass is 19.4. The Morgan fingerprint density at radius 3 is 2.56 bits per heavy atom. The lowest BCUT2D eigenvalue weighted by Crippen LogP contribution is -2.36. The Labute approximate surface area is 88.5 Å². The molecule has 0 spiro atoms. The molecule has 0 saturated heterocycles. The molecule has 1 heterocycles. The van der Waals surface area contributed by atoms with Crippen LogP contribution in [0.2, 0.25) is 0 Å². The highest BCUT2D eigenvalue weighted by molar-refractivity contribution is 6.36. The van der Waals surface area contributed by atoms with Crippen molar-refractivity contribution in [3.63, 3.8) is 0 Å². The summed E-state index contributed by atoms with van der Waals surface area (Å²) in [4.78, 5) is 21.7. The summed E-state index contributed by atoms with van der Waals surface area (Å²) >= 11 is 0. The average Bonchev–Trinajstić information content (AvgIpc) is 2.14. The minimum Gasteiger partial charge on any atom is -0.477 e. The van der Waals surface area contributed by atoms with Gasteiger partial charge < -0.3 is 5.11 Å². The Kier molecular flexibility index (Phi) is 3.51. The van der Waals surface area contributed by atoms with Crippen LogP contribution < -0.4 is 0 Å². The number of hydrogen-bond acceptors (Lipinski definition) is 3. The molecule has 0 fully saturated rings. The predicted octanol–water partition coefficient (Wildman–Crippen LogP) is 1.00. The molecule has 90 valence electrons. The zero-order valence-corrected chi connectivity index (χ0v) is 8.12. The Balaban J connectivity index is 2.66. The van der Waals surface area contributed by atoms with Crippen LogP contribution in [0, 0.1) is 0 Å². The lowest BCUT2D eigenvalue weighted by molar-refractivity contribution is -0.145. The third-order valence-electron chi connectivity index (χ3n) is 1.96. The third-order valence-corrected chi connectivity index (χ3v) is 1.96. The van der Waals surface area contributed by atoms with Crippen LogP contribution in [0.15, 0.2) is 5.10 Å². The van der Waals surface area contributed by atoms with Gasteiger partial charge in [-0.3, -0.25) is 4.79 Å². The van der Waals surface area contributed by atoms with Gasteiger partial charge in [-0.15, -0.1) is 0 Å². The van der Waals surface area contributed by atoms with E-state index in [1.807, 2.05) is 0 Å². The number of carbonyl (C=O) groups is 2. The second-order valence-corrected chi connectivity index (χ2v) is 3.23. The van der Waals surface area contributed by atoms with E-state index in [2.05, 4.69) is 5.10 Å². The van der Waals surface area contributed by atoms with Gasteiger partial charge in [0, 0.05) is 12.8 Å². The molecular weight excluding hydrogens is 229 g/mol. The first kappa shape index (κ1) is 12.5. The number of carboxylic acids is 1. The van der Waals surface area contributed by atoms with Crippen molar-refractivity contribution in [3.8, 4) is 0 Å². The average molecular weight is 238 g/mol. The molecular formula is C8H9F3N2O3. The van der Waals surface area contributed by atoms with Gasteiger partial charge in [-0.1, -0.05) is 0 Å². The van der Waals surface area contributed by atoms with Gasteiger partial charge in [0.25, 0.3) is 0 Å². The number of hydrogen-bond donors (Lipinski definition) is 1. The normalized spacial score (nSPS) is 17.3. The van der Waals surface area contributed by atoms with Gasteiger partial charge in [-0.2, -0.15) is 18.3 Å². The summed E-state index contributed by atoms with van der Waals surface area (Å²) in [6.07, 6.45) is -5.76. The van der Waals surface area contributed by atoms with Crippen LogP contribution in [0.5, 0.6) is 0 Å². The minimum atomic E-state index is -4.39. The number of halogens is 3. The van der Waals surface area contributed by atoms with E-state index in [4.69, 9.17) is 5.11 Å². The molecule has 0 radical (unpaired) electrons. The van der Waals surface area contributed by atoms with Crippen molar-refractivity contribution < 1.29 is 27.9 Å². The zero-order valence-electron chi connectivity index (χ0n) is 8.12. The number of alkyl halides is 3. The lowest BCUT2D eigenvalue weighted by atomic mass is 10.1. The Morgan fingerprint density at radius 1 is 1.44 bits per heavy atom. The van der Waals surface area contributed by atoms with Gasteiger partial charge in [0.1, 0.15) is 5.71 Å². The summed E-state index contributed by atoms with van der Waals surface area (Å²) in [5.74, 6) is -1.90. The van der Waals surface area contributed by atoms with E-state index in [9.17, 15) is 22.8 Å². The molecule has 1 amide bonds. The fourth-order valence-electron chi connectivity index (χ4n) is 1.16. The van der Waals surface area contributed by atoms with E-state index in [1.54, 1.807) is 0 Å². The third kappa shape index (κ3) is 3.52. The van der Waals surface area contributed by atoms with Crippen molar-refractivity contribution in [3.05, 3.63) is 0 Å². The van der Waals surface area contributed by atoms with E-state index in [0.29, 0.717) is 5.01 Å². The van der Waals surface area contributed by atoms with Gasteiger partial charge in [0.15, 0.2) is 0 Å². The van der Waals surface area contributed by atoms with Crippen LogP contribution in [0.25, 0.3) is 0 Å². The monoisotopic (exact) mass is 238 g/mol. The summed E-state index contributed by atoms with van der Waals surface area (Å²) in [7, 11) is 0. The van der Waals surface area contributed by atoms with Crippen molar-refractivity contribution in [1.29, 1.82) is 0 Å². The van der Waals surface area contributed by atoms with Crippen molar-refractivity contribution in [2.24, 2.45) is 5.10 Å². The van der Waals surface area contributed by atoms with Crippen LogP contribution in [0.4, 0.5) is 13.2 Å². The van der Waals surface area contributed by atoms with Crippen LogP contribution >= 0.6 is 0 Å². The SMILES string of the molecule is O=C(O)C1=NN(CCC(F)(F)F)C(=O)CC1. The van der Waals surface area contributed by atoms with Gasteiger partial charge in [-0.25, -0.2) is 9.80 Å². The molecule has 16 heavy (non-hydrogen) atoms. The maximum absolute atomic E-state index is 11.9. The summed E-state index contributed by atoms with van der Waals surface area (Å²) in [5.41, 5.74) is -0.290. The summed E-state index contributed by atoms with van der Waals surface area (Å²) in [6, 6.07) is 0. The molecule has 1 rings (SSSR count). The molecule has 0 aromatic rings. The minimum absolute atomic E-state index is 0.0450. The van der Waals surface area contributed by atoms with E-state index in [0.717, 1.165) is 0 Å². The standard InChI is InChI=1S/C8H9F3N2O3/c9-8(10,11)3-4-13-6(14)2-1-5(12-13)7(15)16/h1-4H2,(H,15,16). The molecule has 8 heteroatoms. The molecule has 5 nitrogen and oxygen atoms in total. The molecule has 0 saturated carbocycles. The van der Waals surface area contributed by atoms with Gasteiger partial charge in [0.05, 0.1) is 13.0 Å². The van der Waals surface area contributed by atoms with Crippen LogP contribution in [-0.4, -0.2) is 40.4 Å². The maximum Gasteiger partial charge on any atom is 0.390 e. The van der Waals surface area contributed by atoms with Crippen LogP contribution in [-0.2, 0) is 9.59 Å². The van der Waals surface area contributed by atoms with E-state index in [-0.39, 0.29) is 18.6 Å². The largest absolute Gasteiger partial charge is 0.477 e. The molecule has 1 aliphatic rings. The number of carboxylic acid groups (broad SMARTS) is 1. The zero-order chi connectivity index (χ0) is 12.3. The van der Waals surface area contributed by atoms with E-state index >= 15 is 0 Å². The van der Waals surface area contributed by atoms with Crippen molar-refractivity contribution >= 4 is 17.6 Å². The van der Waals surface area contributed by atoms with Crippen molar-refractivity contribution in [2.75, 3.05) is 6.54 Å². The lowest BCUT2D eigenvalue weighted by Gasteiger charge is -2.22. The van der Waals surface area contributed by atoms with E-state index in [1.165, 1.54) is 0 Å². The predicted molar refractivity (Wildman–Crippen MR) is 46.7 cm³/mol. The number of nitrogens with zero attached hydrogens (tertiary/aromatic N) is 2. The molecule has 0 unspecified atom stereocenters. The van der Waals surface area contributed by atoms with Crippen molar-refractivity contribution in [1.82, 2.24) is 5.01 Å². The number of rotatable bonds is 3. The molecule has 0 aromatic heterocycles.